The van der Waals surface area contributed by atoms with Gasteiger partial charge in [0, 0.05) is 12.8 Å². The Morgan fingerprint density at radius 1 is 1.06 bits per heavy atom. The number of carboxylic acid groups (broad SMARTS) is 1. The first-order chi connectivity index (χ1) is 15.8. The van der Waals surface area contributed by atoms with Crippen LogP contribution in [0.2, 0.25) is 0 Å². The van der Waals surface area contributed by atoms with Gasteiger partial charge in [0.1, 0.15) is 12.6 Å². The molecule has 1 amide bonds. The van der Waals surface area contributed by atoms with Crippen molar-refractivity contribution in [1.29, 1.82) is 0 Å². The molecule has 194 valence electrons. The van der Waals surface area contributed by atoms with E-state index in [9.17, 15) is 28.6 Å². The van der Waals surface area contributed by atoms with Crippen LogP contribution in [0, 0.1) is 46.3 Å². The summed E-state index contributed by atoms with van der Waals surface area (Å²) in [5, 5.41) is 32.5. The van der Waals surface area contributed by atoms with Crippen molar-refractivity contribution in [3.63, 3.8) is 0 Å². The lowest BCUT2D eigenvalue weighted by Crippen LogP contribution is -2.62. The number of hydrogen-bond acceptors (Lipinski definition) is 4. The van der Waals surface area contributed by atoms with Gasteiger partial charge in [-0.05, 0) is 91.3 Å². The van der Waals surface area contributed by atoms with E-state index in [0.29, 0.717) is 18.8 Å². The van der Waals surface area contributed by atoms with E-state index >= 15 is 0 Å². The number of aliphatic hydroxyl groups is 2. The minimum absolute atomic E-state index is 0.000993. The Kier molecular flexibility index (Phi) is 6.82. The molecule has 6 nitrogen and oxygen atoms in total. The van der Waals surface area contributed by atoms with E-state index in [-0.39, 0.29) is 66.7 Å². The van der Waals surface area contributed by atoms with E-state index in [1.54, 1.807) is 0 Å². The number of alkyl halides is 2. The molecular weight excluding hydrogens is 444 g/mol. The number of rotatable bonds is 6. The summed E-state index contributed by atoms with van der Waals surface area (Å²) in [6, 6.07) is 0. The Balaban J connectivity index is 1.47. The average Bonchev–Trinajstić information content (AvgIpc) is 3.09. The highest BCUT2D eigenvalue weighted by molar-refractivity contribution is 5.81. The van der Waals surface area contributed by atoms with Crippen LogP contribution in [0.3, 0.4) is 0 Å². The van der Waals surface area contributed by atoms with Gasteiger partial charge in [0.2, 0.25) is 5.91 Å². The van der Waals surface area contributed by atoms with Crippen LogP contribution in [0.15, 0.2) is 0 Å². The number of aliphatic carboxylic acids is 1. The topological polar surface area (TPSA) is 107 Å². The van der Waals surface area contributed by atoms with Crippen molar-refractivity contribution in [2.24, 2.45) is 46.3 Å². The fourth-order valence-corrected chi connectivity index (χ4v) is 9.03. The molecule has 4 unspecified atom stereocenters. The summed E-state index contributed by atoms with van der Waals surface area (Å²) in [6.07, 6.45) is 2.80. The van der Waals surface area contributed by atoms with Crippen molar-refractivity contribution >= 4 is 11.9 Å². The van der Waals surface area contributed by atoms with Crippen LogP contribution in [0.25, 0.3) is 0 Å². The van der Waals surface area contributed by atoms with Gasteiger partial charge in [0.05, 0.1) is 6.10 Å². The molecule has 10 atom stereocenters. The number of aliphatic hydroxyl groups excluding tert-OH is 2. The smallest absolute Gasteiger partial charge is 0.322 e. The first-order valence-corrected chi connectivity index (χ1v) is 13.0. The van der Waals surface area contributed by atoms with E-state index in [4.69, 9.17) is 5.11 Å². The van der Waals surface area contributed by atoms with Crippen molar-refractivity contribution in [2.75, 3.05) is 6.54 Å². The summed E-state index contributed by atoms with van der Waals surface area (Å²) >= 11 is 0. The second-order valence-corrected chi connectivity index (χ2v) is 12.4. The molecule has 4 fully saturated rings. The Labute approximate surface area is 200 Å². The maximum Gasteiger partial charge on any atom is 0.322 e. The monoisotopic (exact) mass is 485 g/mol. The second-order valence-electron chi connectivity index (χ2n) is 12.4. The van der Waals surface area contributed by atoms with Crippen molar-refractivity contribution in [1.82, 2.24) is 5.32 Å². The molecule has 4 rings (SSSR count). The number of hydrogen-bond donors (Lipinski definition) is 4. The predicted molar refractivity (Wildman–Crippen MR) is 122 cm³/mol. The summed E-state index contributed by atoms with van der Waals surface area (Å²) in [5.41, 5.74) is -0.571. The first-order valence-electron chi connectivity index (χ1n) is 13.0. The summed E-state index contributed by atoms with van der Waals surface area (Å²) in [4.78, 5) is 22.7. The molecule has 0 aromatic carbocycles. The fraction of sp³-hybridized carbons (Fsp3) is 0.923. The van der Waals surface area contributed by atoms with Gasteiger partial charge < -0.3 is 20.6 Å². The van der Waals surface area contributed by atoms with E-state index in [1.807, 2.05) is 6.92 Å². The van der Waals surface area contributed by atoms with Gasteiger partial charge in [-0.2, -0.15) is 0 Å². The van der Waals surface area contributed by atoms with Crippen LogP contribution >= 0.6 is 0 Å². The van der Waals surface area contributed by atoms with Gasteiger partial charge in [-0.3, -0.25) is 9.59 Å². The molecule has 4 aliphatic rings. The number of carboxylic acids is 1. The van der Waals surface area contributed by atoms with Crippen LogP contribution in [-0.4, -0.2) is 51.9 Å². The highest BCUT2D eigenvalue weighted by Gasteiger charge is 2.66. The van der Waals surface area contributed by atoms with Crippen molar-refractivity contribution in [2.45, 2.75) is 96.7 Å². The molecule has 34 heavy (non-hydrogen) atoms. The summed E-state index contributed by atoms with van der Waals surface area (Å²) < 4.78 is 29.3. The van der Waals surface area contributed by atoms with Crippen LogP contribution in [-0.2, 0) is 9.59 Å². The highest BCUT2D eigenvalue weighted by atomic mass is 19.3. The summed E-state index contributed by atoms with van der Waals surface area (Å²) in [7, 11) is 0. The molecule has 0 aliphatic heterocycles. The van der Waals surface area contributed by atoms with E-state index in [0.717, 1.165) is 25.7 Å². The number of carbonyl (C=O) groups excluding carboxylic acids is 1. The van der Waals surface area contributed by atoms with Gasteiger partial charge in [-0.15, -0.1) is 0 Å². The molecule has 0 spiro atoms. The molecule has 0 aromatic rings. The van der Waals surface area contributed by atoms with E-state index < -0.39 is 29.5 Å². The molecule has 0 aromatic heterocycles. The SMILES string of the molecule is C[C@H](CCC(=O)NCC(=O)O)[C@H]1CCC2C3C(O)C[C@@H]4C[C@@H](O)C(F)(F)C[C@]4(C)C3CC[C@@]21C. The van der Waals surface area contributed by atoms with Gasteiger partial charge in [0.15, 0.2) is 0 Å². The molecule has 8 heteroatoms. The quantitative estimate of drug-likeness (QED) is 0.457. The molecule has 0 heterocycles. The van der Waals surface area contributed by atoms with Crippen molar-refractivity contribution in [3.05, 3.63) is 0 Å². The van der Waals surface area contributed by atoms with Crippen LogP contribution in [0.1, 0.15) is 78.6 Å². The normalized spacial score (nSPS) is 46.0. The van der Waals surface area contributed by atoms with Crippen molar-refractivity contribution < 1.29 is 33.7 Å². The lowest BCUT2D eigenvalue weighted by Gasteiger charge is -2.63. The third-order valence-corrected chi connectivity index (χ3v) is 10.7. The van der Waals surface area contributed by atoms with Crippen LogP contribution < -0.4 is 5.32 Å². The Morgan fingerprint density at radius 2 is 1.74 bits per heavy atom. The Hall–Kier alpha value is -1.28. The van der Waals surface area contributed by atoms with E-state index in [1.165, 1.54) is 0 Å². The minimum Gasteiger partial charge on any atom is -0.480 e. The standard InChI is InChI=1S/C26H41F2NO5/c1-14(4-7-21(32)29-12-22(33)34)16-5-6-17-23-18(8-9-24(16,17)2)25(3)13-26(27,28)20(31)11-15(25)10-19(23)30/h14-20,23,30-31H,4-13H2,1-3H3,(H,29,32)(H,33,34)/t14-,15-,16-,17?,18?,19?,20-,23?,24-,25+/m1/s1. The largest absolute Gasteiger partial charge is 0.480 e. The molecule has 0 radical (unpaired) electrons. The molecular formula is C26H41F2NO5. The number of fused-ring (bicyclic) bond motifs is 5. The third kappa shape index (κ3) is 4.27. The maximum atomic E-state index is 14.7. The number of nitrogens with one attached hydrogen (secondary N) is 1. The molecule has 4 saturated carbocycles. The molecule has 0 saturated heterocycles. The molecule has 4 aliphatic carbocycles. The molecule has 0 bridgehead atoms. The van der Waals surface area contributed by atoms with Crippen LogP contribution in [0.4, 0.5) is 8.78 Å². The molecule has 4 N–H and O–H groups in total. The zero-order chi connectivity index (χ0) is 25.1. The zero-order valence-electron chi connectivity index (χ0n) is 20.6. The minimum atomic E-state index is -3.08. The number of carbonyl (C=O) groups is 2. The Bertz CT molecular complexity index is 808. The van der Waals surface area contributed by atoms with E-state index in [2.05, 4.69) is 19.2 Å². The van der Waals surface area contributed by atoms with Gasteiger partial charge in [-0.1, -0.05) is 20.8 Å². The van der Waals surface area contributed by atoms with Gasteiger partial charge in [-0.25, -0.2) is 8.78 Å². The maximum absolute atomic E-state index is 14.7. The highest BCUT2D eigenvalue weighted by Crippen LogP contribution is 2.69. The van der Waals surface area contributed by atoms with Gasteiger partial charge >= 0.3 is 5.97 Å². The van der Waals surface area contributed by atoms with Crippen LogP contribution in [0.5, 0.6) is 0 Å². The number of halogens is 2. The van der Waals surface area contributed by atoms with Crippen molar-refractivity contribution in [3.8, 4) is 0 Å². The predicted octanol–water partition coefficient (Wildman–Crippen LogP) is 3.84. The second kappa shape index (κ2) is 8.99. The van der Waals surface area contributed by atoms with Gasteiger partial charge in [0.25, 0.3) is 5.92 Å². The fourth-order valence-electron chi connectivity index (χ4n) is 9.03. The average molecular weight is 486 g/mol. The Morgan fingerprint density at radius 3 is 2.41 bits per heavy atom. The zero-order valence-corrected chi connectivity index (χ0v) is 20.6. The lowest BCUT2D eigenvalue weighted by atomic mass is 9.43. The lowest BCUT2D eigenvalue weighted by molar-refractivity contribution is -0.236. The third-order valence-electron chi connectivity index (χ3n) is 10.7. The summed E-state index contributed by atoms with van der Waals surface area (Å²) in [6.45, 7) is 6.07. The number of amides is 1. The first kappa shape index (κ1) is 25.8. The summed E-state index contributed by atoms with van der Waals surface area (Å²) in [5.74, 6) is -3.49.